The molecule has 0 aliphatic carbocycles. The molecule has 2 amide bonds. The third-order valence-electron chi connectivity index (χ3n) is 13.5. The van der Waals surface area contributed by atoms with Crippen LogP contribution >= 0.6 is 0 Å². The molecule has 2 aromatic rings. The summed E-state index contributed by atoms with van der Waals surface area (Å²) >= 11 is 0. The number of allylic oxidation sites excluding steroid dienone is 2. The number of ether oxygens (including phenoxy) is 4. The fourth-order valence-corrected chi connectivity index (χ4v) is 9.42. The lowest BCUT2D eigenvalue weighted by Gasteiger charge is -2.38. The summed E-state index contributed by atoms with van der Waals surface area (Å²) in [6, 6.07) is 0. The Morgan fingerprint density at radius 1 is 1.02 bits per heavy atom. The maximum Gasteiger partial charge on any atom is 0.410 e. The Morgan fingerprint density at radius 2 is 1.68 bits per heavy atom. The number of ketones is 1. The summed E-state index contributed by atoms with van der Waals surface area (Å²) in [5.41, 5.74) is -0.640. The minimum Gasteiger partial charge on any atom is -0.507 e. The van der Waals surface area contributed by atoms with Crippen molar-refractivity contribution in [2.45, 2.75) is 111 Å². The van der Waals surface area contributed by atoms with Gasteiger partial charge in [-0.3, -0.25) is 19.6 Å². The Bertz CT molecular complexity index is 2470. The number of rotatable bonds is 5. The Kier molecular flexibility index (Phi) is 14.4. The van der Waals surface area contributed by atoms with Crippen molar-refractivity contribution < 1.29 is 53.8 Å². The second kappa shape index (κ2) is 19.2. The number of likely N-dealkylation sites (tertiary alicyclic amines) is 1. The fraction of sp³-hybridized carbons (Fsp3) is 0.571. The van der Waals surface area contributed by atoms with Gasteiger partial charge >= 0.3 is 11.9 Å². The SMILES string of the molecule is C#CCN(C)C(=O)O[C@H]1[C@H](C)[C@H](O)[C@H](C)[C@@H](O)[C@@H](C)/C=C/C=C(/C)C(=O)Nc2c(O)c3c(O)c(C)c4c(c3c3c2=NC2(CCN(CC(C)C)CC2)N=3)C(=O)[C@@](C)(O/C=C/[C@H](OC)[C@H]1C)O4. The monoisotopic (exact) mass is 899 g/mol. The predicted octanol–water partition coefficient (Wildman–Crippen LogP) is 4.89. The second-order valence-electron chi connectivity index (χ2n) is 18.8. The lowest BCUT2D eigenvalue weighted by Crippen LogP contribution is -2.48. The third-order valence-corrected chi connectivity index (χ3v) is 13.5. The van der Waals surface area contributed by atoms with Crippen LogP contribution in [0.1, 0.15) is 84.2 Å². The number of Topliss-reactive ketones (excluding diaryl/α,β-unsaturated/α-hetero) is 1. The maximum absolute atomic E-state index is 14.8. The predicted molar refractivity (Wildman–Crippen MR) is 244 cm³/mol. The second-order valence-corrected chi connectivity index (χ2v) is 18.8. The summed E-state index contributed by atoms with van der Waals surface area (Å²) in [6.07, 6.45) is 9.39. The molecule has 1 fully saturated rings. The largest absolute Gasteiger partial charge is 0.507 e. The van der Waals surface area contributed by atoms with Crippen molar-refractivity contribution in [3.8, 4) is 29.6 Å². The van der Waals surface area contributed by atoms with Crippen molar-refractivity contribution in [1.82, 2.24) is 9.80 Å². The van der Waals surface area contributed by atoms with Gasteiger partial charge in [0, 0.05) is 93.8 Å². The molecule has 0 aromatic heterocycles. The molecule has 7 rings (SSSR count). The van der Waals surface area contributed by atoms with Crippen LogP contribution < -0.4 is 20.8 Å². The molecule has 16 heteroatoms. The van der Waals surface area contributed by atoms with Gasteiger partial charge in [-0.15, -0.1) is 6.42 Å². The molecule has 5 N–H and O–H groups in total. The normalized spacial score (nSPS) is 31.2. The number of piperidine rings is 1. The lowest BCUT2D eigenvalue weighted by atomic mass is 9.78. The molecule has 65 heavy (non-hydrogen) atoms. The quantitative estimate of drug-likeness (QED) is 0.201. The molecular formula is C49H65N5O11. The van der Waals surface area contributed by atoms with E-state index in [1.165, 1.54) is 38.3 Å². The van der Waals surface area contributed by atoms with Gasteiger partial charge in [-0.05, 0) is 25.8 Å². The van der Waals surface area contributed by atoms with E-state index >= 15 is 0 Å². The molecule has 9 atom stereocenters. The molecule has 5 heterocycles. The molecule has 1 spiro atoms. The number of fused-ring (bicyclic) bond motifs is 13. The van der Waals surface area contributed by atoms with Gasteiger partial charge in [0.2, 0.25) is 0 Å². The molecule has 0 saturated carbocycles. The van der Waals surface area contributed by atoms with Gasteiger partial charge in [0.15, 0.2) is 11.4 Å². The number of nitrogens with zero attached hydrogens (tertiary/aromatic N) is 4. The van der Waals surface area contributed by atoms with E-state index in [1.807, 2.05) is 0 Å². The molecule has 0 radical (unpaired) electrons. The highest BCUT2D eigenvalue weighted by Gasteiger charge is 2.50. The summed E-state index contributed by atoms with van der Waals surface area (Å²) in [4.78, 5) is 56.0. The first-order chi connectivity index (χ1) is 30.6. The van der Waals surface area contributed by atoms with Crippen LogP contribution in [0.4, 0.5) is 10.5 Å². The Labute approximate surface area is 380 Å². The first-order valence-corrected chi connectivity index (χ1v) is 22.3. The molecule has 16 nitrogen and oxygen atoms in total. The highest BCUT2D eigenvalue weighted by Crippen LogP contribution is 2.50. The minimum absolute atomic E-state index is 0.0208. The summed E-state index contributed by atoms with van der Waals surface area (Å²) in [5, 5.41) is 50.5. The van der Waals surface area contributed by atoms with E-state index < -0.39 is 83.1 Å². The number of phenols is 2. The standard InChI is InChI=1S/C49H65N5O11/c1-13-20-53(11)47(61)64-43-28(6)32(62-12)17-23-63-48(10)45(59)35-33-34(41(57)31(9)44(35)65-48)42(58)38(37-36(33)51-49(52-37)18-21-54(22-19-49)24-25(2)3)50-46(60)27(5)16-14-15-26(4)39(55)29(7)40(56)30(43)8/h1,14-17,23,25-26,28-30,32,39-40,43,55-58H,18-22,24H2,2-12H3,(H,50,60)/b15-14+,23-17+,27-16-/t26-,28+,29+,30+,32-,39-,40+,43+,48-/m0/s1. The van der Waals surface area contributed by atoms with Crippen LogP contribution in [0.15, 0.2) is 46.1 Å². The Hall–Kier alpha value is -5.47. The number of aliphatic hydroxyl groups excluding tert-OH is 2. The number of anilines is 1. The minimum atomic E-state index is -1.99. The van der Waals surface area contributed by atoms with Crippen LogP contribution in [0, 0.1) is 48.9 Å². The van der Waals surface area contributed by atoms with Crippen LogP contribution in [-0.4, -0.2) is 124 Å². The van der Waals surface area contributed by atoms with E-state index in [0.717, 1.165) is 6.54 Å². The average molecular weight is 900 g/mol. The van der Waals surface area contributed by atoms with E-state index in [0.29, 0.717) is 31.8 Å². The number of benzene rings is 2. The van der Waals surface area contributed by atoms with Gasteiger partial charge in [0.05, 0.1) is 47.4 Å². The lowest BCUT2D eigenvalue weighted by molar-refractivity contribution is -0.112. The van der Waals surface area contributed by atoms with Crippen LogP contribution in [0.3, 0.4) is 0 Å². The molecule has 2 aromatic carbocycles. The van der Waals surface area contributed by atoms with Gasteiger partial charge in [-0.2, -0.15) is 0 Å². The van der Waals surface area contributed by atoms with Crippen molar-refractivity contribution >= 4 is 34.2 Å². The zero-order valence-electron chi connectivity index (χ0n) is 39.3. The van der Waals surface area contributed by atoms with Crippen molar-refractivity contribution in [3.05, 3.63) is 58.0 Å². The van der Waals surface area contributed by atoms with Crippen LogP contribution in [0.5, 0.6) is 17.2 Å². The number of methoxy groups -OCH3 is 1. The van der Waals surface area contributed by atoms with Crippen molar-refractivity contribution in [3.63, 3.8) is 0 Å². The van der Waals surface area contributed by atoms with E-state index in [4.69, 9.17) is 35.4 Å². The zero-order valence-corrected chi connectivity index (χ0v) is 39.3. The number of aliphatic hydroxyl groups is 2. The van der Waals surface area contributed by atoms with Crippen LogP contribution in [0.2, 0.25) is 0 Å². The molecule has 5 bridgehead atoms. The van der Waals surface area contributed by atoms with Gasteiger partial charge in [0.25, 0.3) is 11.7 Å². The van der Waals surface area contributed by atoms with Gasteiger partial charge in [0.1, 0.15) is 28.6 Å². The average Bonchev–Trinajstić information content (AvgIpc) is 3.77. The van der Waals surface area contributed by atoms with Gasteiger partial charge < -0.3 is 54.5 Å². The molecule has 352 valence electrons. The van der Waals surface area contributed by atoms with Crippen molar-refractivity contribution in [1.29, 1.82) is 0 Å². The number of aromatic hydroxyl groups is 2. The number of hydrogen-bond acceptors (Lipinski definition) is 14. The first-order valence-electron chi connectivity index (χ1n) is 22.3. The number of terminal acetylenes is 1. The number of carbonyl (C=O) groups excluding carboxylic acids is 3. The number of hydrogen-bond donors (Lipinski definition) is 5. The highest BCUT2D eigenvalue weighted by molar-refractivity contribution is 6.19. The summed E-state index contributed by atoms with van der Waals surface area (Å²) in [5.74, 6) is -3.84. The smallest absolute Gasteiger partial charge is 0.410 e. The number of nitrogens with one attached hydrogen (secondary N) is 1. The molecule has 1 saturated heterocycles. The summed E-state index contributed by atoms with van der Waals surface area (Å²) < 4.78 is 24.4. The zero-order chi connectivity index (χ0) is 47.9. The maximum atomic E-state index is 14.8. The fourth-order valence-electron chi connectivity index (χ4n) is 9.42. The molecule has 0 unspecified atom stereocenters. The van der Waals surface area contributed by atoms with Crippen molar-refractivity contribution in [2.24, 2.45) is 39.6 Å². The Morgan fingerprint density at radius 3 is 2.31 bits per heavy atom. The van der Waals surface area contributed by atoms with E-state index in [1.54, 1.807) is 59.8 Å². The van der Waals surface area contributed by atoms with Gasteiger partial charge in [-0.25, -0.2) is 4.79 Å². The topological polar surface area (TPSA) is 212 Å². The van der Waals surface area contributed by atoms with E-state index in [9.17, 15) is 34.8 Å². The molecule has 5 aliphatic heterocycles. The third kappa shape index (κ3) is 9.34. The highest BCUT2D eigenvalue weighted by atomic mass is 16.7. The van der Waals surface area contributed by atoms with Crippen molar-refractivity contribution in [2.75, 3.05) is 45.7 Å². The summed E-state index contributed by atoms with van der Waals surface area (Å²) in [6.45, 7) is 18.1. The van der Waals surface area contributed by atoms with Crippen LogP contribution in [-0.2, 0) is 19.0 Å². The number of amides is 2. The van der Waals surface area contributed by atoms with Crippen LogP contribution in [0.25, 0.3) is 10.8 Å². The van der Waals surface area contributed by atoms with E-state index in [2.05, 4.69) is 30.0 Å². The number of carbonyl (C=O) groups is 3. The first kappa shape index (κ1) is 49.0. The molecular weight excluding hydrogens is 835 g/mol. The van der Waals surface area contributed by atoms with Gasteiger partial charge in [-0.1, -0.05) is 65.7 Å². The Balaban J connectivity index is 1.52. The van der Waals surface area contributed by atoms with E-state index in [-0.39, 0.29) is 61.9 Å². The number of phenolic OH excluding ortho intramolecular Hbond substituents is 2. The molecule has 5 aliphatic rings. The summed E-state index contributed by atoms with van der Waals surface area (Å²) in [7, 11) is 2.94.